The second-order valence-corrected chi connectivity index (χ2v) is 6.59. The van der Waals surface area contributed by atoms with Gasteiger partial charge in [-0.25, -0.2) is 9.50 Å². The van der Waals surface area contributed by atoms with E-state index >= 15 is 0 Å². The summed E-state index contributed by atoms with van der Waals surface area (Å²) in [4.78, 5) is 4.36. The van der Waals surface area contributed by atoms with Gasteiger partial charge in [-0.05, 0) is 19.4 Å². The van der Waals surface area contributed by atoms with Crippen molar-refractivity contribution in [2.45, 2.75) is 52.1 Å². The fraction of sp³-hybridized carbons (Fsp3) is 0.600. The summed E-state index contributed by atoms with van der Waals surface area (Å²) < 4.78 is 1.83. The minimum atomic E-state index is -0.735. The van der Waals surface area contributed by atoms with Crippen molar-refractivity contribution in [2.75, 3.05) is 11.9 Å². The first-order chi connectivity index (χ1) is 9.23. The van der Waals surface area contributed by atoms with Crippen LogP contribution in [0.1, 0.15) is 46.7 Å². The van der Waals surface area contributed by atoms with E-state index in [9.17, 15) is 5.11 Å². The van der Waals surface area contributed by atoms with Crippen LogP contribution in [0.25, 0.3) is 5.52 Å². The molecule has 0 aromatic carbocycles. The highest BCUT2D eigenvalue weighted by Crippen LogP contribution is 2.24. The molecule has 2 aromatic rings. The molecule has 110 valence electrons. The standard InChI is InChI=1S/C15H24N4O/c1-6-15(5,20)10-17-13-11-9-12(14(2,3)4)18-19(11)8-7-16-13/h7-9,20H,6,10H2,1-5H3,(H,16,17). The topological polar surface area (TPSA) is 62.5 Å². The summed E-state index contributed by atoms with van der Waals surface area (Å²) in [5.74, 6) is 0.754. The van der Waals surface area contributed by atoms with Crippen LogP contribution in [0.15, 0.2) is 18.5 Å². The van der Waals surface area contributed by atoms with Crippen molar-refractivity contribution in [2.24, 2.45) is 0 Å². The van der Waals surface area contributed by atoms with Crippen LogP contribution >= 0.6 is 0 Å². The van der Waals surface area contributed by atoms with Crippen molar-refractivity contribution in [3.05, 3.63) is 24.2 Å². The highest BCUT2D eigenvalue weighted by Gasteiger charge is 2.21. The predicted molar refractivity (Wildman–Crippen MR) is 81.1 cm³/mol. The Balaban J connectivity index is 2.32. The first-order valence-electron chi connectivity index (χ1n) is 7.04. The average molecular weight is 276 g/mol. The SMILES string of the molecule is CCC(C)(O)CNc1nccn2nc(C(C)(C)C)cc12. The van der Waals surface area contributed by atoms with E-state index < -0.39 is 5.60 Å². The quantitative estimate of drug-likeness (QED) is 0.901. The summed E-state index contributed by atoms with van der Waals surface area (Å²) >= 11 is 0. The minimum Gasteiger partial charge on any atom is -0.388 e. The molecule has 0 aliphatic rings. The van der Waals surface area contributed by atoms with Gasteiger partial charge in [-0.3, -0.25) is 0 Å². The number of nitrogens with one attached hydrogen (secondary N) is 1. The lowest BCUT2D eigenvalue weighted by Crippen LogP contribution is -2.32. The molecule has 0 fully saturated rings. The first kappa shape index (κ1) is 14.8. The Morgan fingerprint density at radius 1 is 1.30 bits per heavy atom. The van der Waals surface area contributed by atoms with Gasteiger partial charge in [-0.1, -0.05) is 27.7 Å². The van der Waals surface area contributed by atoms with Crippen LogP contribution in [0.2, 0.25) is 0 Å². The molecule has 2 heterocycles. The third-order valence-electron chi connectivity index (χ3n) is 3.56. The normalized spacial score (nSPS) is 15.3. The molecule has 0 aliphatic carbocycles. The first-order valence-corrected chi connectivity index (χ1v) is 7.04. The summed E-state index contributed by atoms with van der Waals surface area (Å²) in [5.41, 5.74) is 1.22. The van der Waals surface area contributed by atoms with Crippen molar-refractivity contribution in [3.63, 3.8) is 0 Å². The Kier molecular flexibility index (Phi) is 3.73. The molecule has 0 saturated carbocycles. The zero-order valence-corrected chi connectivity index (χ0v) is 12.9. The maximum absolute atomic E-state index is 10.1. The fourth-order valence-corrected chi connectivity index (χ4v) is 1.82. The lowest BCUT2D eigenvalue weighted by Gasteiger charge is -2.21. The van der Waals surface area contributed by atoms with E-state index in [-0.39, 0.29) is 5.41 Å². The molecule has 0 bridgehead atoms. The molecule has 1 unspecified atom stereocenters. The van der Waals surface area contributed by atoms with Crippen LogP contribution in [-0.2, 0) is 5.41 Å². The van der Waals surface area contributed by atoms with Crippen LogP contribution < -0.4 is 5.32 Å². The summed E-state index contributed by atoms with van der Waals surface area (Å²) in [6, 6.07) is 2.05. The highest BCUT2D eigenvalue weighted by atomic mass is 16.3. The molecule has 2 aromatic heterocycles. The molecule has 2 N–H and O–H groups in total. The molecule has 0 radical (unpaired) electrons. The minimum absolute atomic E-state index is 0.00178. The number of anilines is 1. The zero-order valence-electron chi connectivity index (χ0n) is 12.9. The van der Waals surface area contributed by atoms with Crippen LogP contribution in [-0.4, -0.2) is 31.9 Å². The molecule has 1 atom stereocenters. The van der Waals surface area contributed by atoms with Crippen LogP contribution in [0.4, 0.5) is 5.82 Å². The number of rotatable bonds is 4. The summed E-state index contributed by atoms with van der Waals surface area (Å²) in [6.07, 6.45) is 4.25. The van der Waals surface area contributed by atoms with Gasteiger partial charge in [-0.2, -0.15) is 5.10 Å². The van der Waals surface area contributed by atoms with E-state index in [4.69, 9.17) is 0 Å². The number of hydrogen-bond donors (Lipinski definition) is 2. The van der Waals surface area contributed by atoms with Crippen molar-refractivity contribution in [3.8, 4) is 0 Å². The third-order valence-corrected chi connectivity index (χ3v) is 3.56. The lowest BCUT2D eigenvalue weighted by molar-refractivity contribution is 0.0697. The van der Waals surface area contributed by atoms with E-state index in [1.54, 1.807) is 6.20 Å². The van der Waals surface area contributed by atoms with Crippen LogP contribution in [0, 0.1) is 0 Å². The molecule has 0 saturated heterocycles. The number of aliphatic hydroxyl groups is 1. The Morgan fingerprint density at radius 2 is 2.00 bits per heavy atom. The second kappa shape index (κ2) is 5.05. The summed E-state index contributed by atoms with van der Waals surface area (Å²) in [6.45, 7) is 10.7. The van der Waals surface area contributed by atoms with Crippen molar-refractivity contribution < 1.29 is 5.11 Å². The Hall–Kier alpha value is -1.62. The van der Waals surface area contributed by atoms with Crippen molar-refractivity contribution in [1.29, 1.82) is 0 Å². The molecule has 0 aliphatic heterocycles. The van der Waals surface area contributed by atoms with E-state index in [1.807, 2.05) is 24.6 Å². The maximum Gasteiger partial charge on any atom is 0.152 e. The summed E-state index contributed by atoms with van der Waals surface area (Å²) in [5, 5.41) is 17.9. The number of nitrogens with zero attached hydrogens (tertiary/aromatic N) is 3. The Bertz CT molecular complexity index is 595. The molecule has 2 rings (SSSR count). The van der Waals surface area contributed by atoms with Crippen molar-refractivity contribution in [1.82, 2.24) is 14.6 Å². The molecular formula is C15H24N4O. The predicted octanol–water partition coefficient (Wildman–Crippen LogP) is 2.60. The van der Waals surface area contributed by atoms with Gasteiger partial charge in [0.1, 0.15) is 5.52 Å². The second-order valence-electron chi connectivity index (χ2n) is 6.59. The highest BCUT2D eigenvalue weighted by molar-refractivity contribution is 5.68. The van der Waals surface area contributed by atoms with Gasteiger partial charge >= 0.3 is 0 Å². The molecule has 5 nitrogen and oxygen atoms in total. The molecule has 20 heavy (non-hydrogen) atoms. The number of hydrogen-bond acceptors (Lipinski definition) is 4. The number of aromatic nitrogens is 3. The fourth-order valence-electron chi connectivity index (χ4n) is 1.82. The molecular weight excluding hydrogens is 252 g/mol. The van der Waals surface area contributed by atoms with Gasteiger partial charge in [0.2, 0.25) is 0 Å². The zero-order chi connectivity index (χ0) is 15.0. The maximum atomic E-state index is 10.1. The van der Waals surface area contributed by atoms with E-state index in [2.05, 4.69) is 42.2 Å². The lowest BCUT2D eigenvalue weighted by atomic mass is 9.92. The van der Waals surface area contributed by atoms with Gasteiger partial charge in [0, 0.05) is 24.4 Å². The largest absolute Gasteiger partial charge is 0.388 e. The third kappa shape index (κ3) is 3.10. The van der Waals surface area contributed by atoms with E-state index in [1.165, 1.54) is 0 Å². The van der Waals surface area contributed by atoms with Gasteiger partial charge in [0.25, 0.3) is 0 Å². The van der Waals surface area contributed by atoms with Gasteiger partial charge in [0.05, 0.1) is 11.3 Å². The molecule has 0 spiro atoms. The summed E-state index contributed by atoms with van der Waals surface area (Å²) in [7, 11) is 0. The molecule has 0 amide bonds. The van der Waals surface area contributed by atoms with Gasteiger partial charge in [0.15, 0.2) is 5.82 Å². The average Bonchev–Trinajstić information content (AvgIpc) is 2.80. The Morgan fingerprint density at radius 3 is 2.60 bits per heavy atom. The van der Waals surface area contributed by atoms with Crippen LogP contribution in [0.5, 0.6) is 0 Å². The van der Waals surface area contributed by atoms with Crippen LogP contribution in [0.3, 0.4) is 0 Å². The Labute approximate surface area is 120 Å². The van der Waals surface area contributed by atoms with E-state index in [0.29, 0.717) is 13.0 Å². The van der Waals surface area contributed by atoms with Gasteiger partial charge < -0.3 is 10.4 Å². The monoisotopic (exact) mass is 276 g/mol. The smallest absolute Gasteiger partial charge is 0.152 e. The van der Waals surface area contributed by atoms with E-state index in [0.717, 1.165) is 17.0 Å². The van der Waals surface area contributed by atoms with Crippen molar-refractivity contribution >= 4 is 11.3 Å². The number of fused-ring (bicyclic) bond motifs is 1. The molecule has 5 heteroatoms. The van der Waals surface area contributed by atoms with Gasteiger partial charge in [-0.15, -0.1) is 0 Å².